The third kappa shape index (κ3) is 1.23. The van der Waals surface area contributed by atoms with Gasteiger partial charge in [-0.1, -0.05) is 20.8 Å². The molecule has 0 aromatic carbocycles. The van der Waals surface area contributed by atoms with Crippen LogP contribution < -0.4 is 0 Å². The van der Waals surface area contributed by atoms with Crippen LogP contribution in [0.3, 0.4) is 0 Å². The minimum absolute atomic E-state index is 0.0382. The molecule has 2 aliphatic rings. The Labute approximate surface area is 98.1 Å². The van der Waals surface area contributed by atoms with E-state index in [9.17, 15) is 4.79 Å². The van der Waals surface area contributed by atoms with Crippen molar-refractivity contribution in [1.29, 1.82) is 0 Å². The molecule has 0 N–H and O–H groups in total. The van der Waals surface area contributed by atoms with Crippen LogP contribution in [0.2, 0.25) is 0 Å². The highest BCUT2D eigenvalue weighted by molar-refractivity contribution is 5.73. The van der Waals surface area contributed by atoms with E-state index in [0.717, 1.165) is 19.4 Å². The van der Waals surface area contributed by atoms with Gasteiger partial charge in [-0.15, -0.1) is 0 Å². The molecule has 2 heterocycles. The number of rotatable bonds is 0. The second-order valence-corrected chi connectivity index (χ2v) is 6.53. The first-order chi connectivity index (χ1) is 7.22. The number of nitrogens with zero attached hydrogens (tertiary/aromatic N) is 1. The predicted octanol–water partition coefficient (Wildman–Crippen LogP) is 3.19. The van der Waals surface area contributed by atoms with E-state index in [0.29, 0.717) is 0 Å². The van der Waals surface area contributed by atoms with Gasteiger partial charge in [0.1, 0.15) is 5.60 Å². The summed E-state index contributed by atoms with van der Waals surface area (Å²) in [5.74, 6) is 0. The molecule has 16 heavy (non-hydrogen) atoms. The minimum Gasteiger partial charge on any atom is -0.440 e. The van der Waals surface area contributed by atoms with Crippen molar-refractivity contribution in [3.63, 3.8) is 0 Å². The Balaban J connectivity index is 2.45. The highest BCUT2D eigenvalue weighted by atomic mass is 16.6. The molecule has 92 valence electrons. The van der Waals surface area contributed by atoms with Gasteiger partial charge < -0.3 is 4.74 Å². The van der Waals surface area contributed by atoms with Gasteiger partial charge in [-0.3, -0.25) is 4.90 Å². The van der Waals surface area contributed by atoms with Crippen LogP contribution in [0.25, 0.3) is 0 Å². The van der Waals surface area contributed by atoms with Gasteiger partial charge in [0.25, 0.3) is 0 Å². The number of hydrogen-bond acceptors (Lipinski definition) is 2. The number of hydrogen-bond donors (Lipinski definition) is 0. The summed E-state index contributed by atoms with van der Waals surface area (Å²) in [5.41, 5.74) is -0.568. The quantitative estimate of drug-likeness (QED) is 0.633. The summed E-state index contributed by atoms with van der Waals surface area (Å²) >= 11 is 0. The molecule has 2 rings (SSSR count). The van der Waals surface area contributed by atoms with Crippen LogP contribution in [0.1, 0.15) is 53.9 Å². The summed E-state index contributed by atoms with van der Waals surface area (Å²) < 4.78 is 5.75. The SMILES string of the molecule is CC(C)(C)[C@@]1(C)OC(=O)N2CCCC[C@]21C. The average molecular weight is 225 g/mol. The second kappa shape index (κ2) is 3.14. The van der Waals surface area contributed by atoms with Gasteiger partial charge in [0.2, 0.25) is 0 Å². The van der Waals surface area contributed by atoms with Gasteiger partial charge in [-0.05, 0) is 33.1 Å². The molecule has 2 aliphatic heterocycles. The van der Waals surface area contributed by atoms with Crippen molar-refractivity contribution in [2.45, 2.75) is 65.0 Å². The maximum atomic E-state index is 12.0. The van der Waals surface area contributed by atoms with Gasteiger partial charge in [0.15, 0.2) is 0 Å². The van der Waals surface area contributed by atoms with Gasteiger partial charge in [0.05, 0.1) is 5.54 Å². The number of amides is 1. The van der Waals surface area contributed by atoms with Gasteiger partial charge in [-0.2, -0.15) is 0 Å². The van der Waals surface area contributed by atoms with Crippen LogP contribution in [-0.4, -0.2) is 28.7 Å². The average Bonchev–Trinajstić information content (AvgIpc) is 2.35. The Bertz CT molecular complexity index is 320. The largest absolute Gasteiger partial charge is 0.440 e. The molecule has 0 aromatic rings. The fourth-order valence-electron chi connectivity index (χ4n) is 3.21. The van der Waals surface area contributed by atoms with Crippen molar-refractivity contribution in [3.05, 3.63) is 0 Å². The summed E-state index contributed by atoms with van der Waals surface area (Å²) in [6, 6.07) is 0. The molecule has 2 atom stereocenters. The first kappa shape index (κ1) is 11.7. The lowest BCUT2D eigenvalue weighted by atomic mass is 9.64. The number of fused-ring (bicyclic) bond motifs is 1. The van der Waals surface area contributed by atoms with Gasteiger partial charge in [0, 0.05) is 12.0 Å². The number of piperidine rings is 1. The lowest BCUT2D eigenvalue weighted by Crippen LogP contribution is -2.62. The molecule has 0 aliphatic carbocycles. The van der Waals surface area contributed by atoms with E-state index in [2.05, 4.69) is 34.6 Å². The van der Waals surface area contributed by atoms with E-state index in [1.54, 1.807) is 0 Å². The van der Waals surface area contributed by atoms with E-state index in [-0.39, 0.29) is 17.0 Å². The molecule has 0 bridgehead atoms. The molecule has 3 nitrogen and oxygen atoms in total. The van der Waals surface area contributed by atoms with Crippen molar-refractivity contribution in [2.24, 2.45) is 5.41 Å². The molecule has 0 saturated carbocycles. The maximum absolute atomic E-state index is 12.0. The summed E-state index contributed by atoms with van der Waals surface area (Å²) in [5, 5.41) is 0. The third-order valence-electron chi connectivity index (χ3n) is 4.86. The third-order valence-corrected chi connectivity index (χ3v) is 4.86. The Kier molecular flexibility index (Phi) is 2.31. The number of cyclic esters (lactones) is 1. The minimum atomic E-state index is -0.391. The standard InChI is InChI=1S/C13H23NO2/c1-11(2,3)13(5)12(4)8-6-7-9-14(12)10(15)16-13/h6-9H2,1-5H3/t12-,13+/m0/s1. The van der Waals surface area contributed by atoms with Crippen LogP contribution in [-0.2, 0) is 4.74 Å². The summed E-state index contributed by atoms with van der Waals surface area (Å²) in [6.45, 7) is 11.6. The van der Waals surface area contributed by atoms with Crippen LogP contribution in [0.15, 0.2) is 0 Å². The highest BCUT2D eigenvalue weighted by Gasteiger charge is 2.64. The molecular formula is C13H23NO2. The lowest BCUT2D eigenvalue weighted by Gasteiger charge is -2.50. The molecule has 1 amide bonds. The van der Waals surface area contributed by atoms with E-state index in [4.69, 9.17) is 4.74 Å². The van der Waals surface area contributed by atoms with Crippen molar-refractivity contribution in [3.8, 4) is 0 Å². The highest BCUT2D eigenvalue weighted by Crippen LogP contribution is 2.53. The molecule has 0 spiro atoms. The maximum Gasteiger partial charge on any atom is 0.411 e. The molecule has 2 fully saturated rings. The Morgan fingerprint density at radius 1 is 1.25 bits per heavy atom. The fourth-order valence-corrected chi connectivity index (χ4v) is 3.21. The van der Waals surface area contributed by atoms with Crippen molar-refractivity contribution in [2.75, 3.05) is 6.54 Å². The summed E-state index contributed by atoms with van der Waals surface area (Å²) in [4.78, 5) is 13.9. The topological polar surface area (TPSA) is 29.5 Å². The van der Waals surface area contributed by atoms with E-state index in [1.165, 1.54) is 6.42 Å². The molecule has 0 aromatic heterocycles. The fraction of sp³-hybridized carbons (Fsp3) is 0.923. The van der Waals surface area contributed by atoms with Gasteiger partial charge >= 0.3 is 6.09 Å². The molecule has 0 radical (unpaired) electrons. The van der Waals surface area contributed by atoms with Crippen LogP contribution in [0.5, 0.6) is 0 Å². The van der Waals surface area contributed by atoms with E-state index >= 15 is 0 Å². The van der Waals surface area contributed by atoms with E-state index in [1.807, 2.05) is 4.90 Å². The predicted molar refractivity (Wildman–Crippen MR) is 63.3 cm³/mol. The van der Waals surface area contributed by atoms with Crippen molar-refractivity contribution < 1.29 is 9.53 Å². The number of ether oxygens (including phenoxy) is 1. The number of carbonyl (C=O) groups is 1. The Morgan fingerprint density at radius 3 is 2.44 bits per heavy atom. The molecular weight excluding hydrogens is 202 g/mol. The van der Waals surface area contributed by atoms with Gasteiger partial charge in [-0.25, -0.2) is 4.79 Å². The molecule has 3 heteroatoms. The molecule has 2 saturated heterocycles. The van der Waals surface area contributed by atoms with Crippen LogP contribution in [0.4, 0.5) is 4.79 Å². The Hall–Kier alpha value is -0.730. The Morgan fingerprint density at radius 2 is 1.88 bits per heavy atom. The monoisotopic (exact) mass is 225 g/mol. The first-order valence-corrected chi connectivity index (χ1v) is 6.23. The second-order valence-electron chi connectivity index (χ2n) is 6.53. The normalized spacial score (nSPS) is 39.6. The van der Waals surface area contributed by atoms with E-state index < -0.39 is 5.60 Å². The van der Waals surface area contributed by atoms with Crippen LogP contribution in [0, 0.1) is 5.41 Å². The molecule has 0 unspecified atom stereocenters. The summed E-state index contributed by atoms with van der Waals surface area (Å²) in [7, 11) is 0. The van der Waals surface area contributed by atoms with Crippen molar-refractivity contribution in [1.82, 2.24) is 4.90 Å². The summed E-state index contributed by atoms with van der Waals surface area (Å²) in [6.07, 6.45) is 3.21. The zero-order valence-corrected chi connectivity index (χ0v) is 11.1. The zero-order chi connectivity index (χ0) is 12.2. The lowest BCUT2D eigenvalue weighted by molar-refractivity contribution is -0.0854. The number of carbonyl (C=O) groups excluding carboxylic acids is 1. The zero-order valence-electron chi connectivity index (χ0n) is 11.1. The van der Waals surface area contributed by atoms with Crippen LogP contribution >= 0.6 is 0 Å². The smallest absolute Gasteiger partial charge is 0.411 e. The first-order valence-electron chi connectivity index (χ1n) is 6.23. The van der Waals surface area contributed by atoms with Crippen molar-refractivity contribution >= 4 is 6.09 Å².